The molecular formula is C84H50N2O8S2. The predicted molar refractivity (Wildman–Crippen MR) is 388 cm³/mol. The average Bonchev–Trinajstić information content (AvgIpc) is 1.53. The van der Waals surface area contributed by atoms with Gasteiger partial charge in [-0.3, -0.25) is 0 Å². The lowest BCUT2D eigenvalue weighted by Gasteiger charge is -2.11. The van der Waals surface area contributed by atoms with Crippen molar-refractivity contribution >= 4 is 151 Å². The molecular weight excluding hydrogens is 1230 g/mol. The first kappa shape index (κ1) is 55.4. The molecule has 0 N–H and O–H groups in total. The van der Waals surface area contributed by atoms with Crippen molar-refractivity contribution in [2.75, 3.05) is 0 Å². The van der Waals surface area contributed by atoms with Crippen LogP contribution < -0.4 is 0 Å². The Labute approximate surface area is 548 Å². The minimum Gasteiger partial charge on any atom is -0.456 e. The van der Waals surface area contributed by atoms with Gasteiger partial charge >= 0.3 is 0 Å². The monoisotopic (exact) mass is 1280 g/mol. The summed E-state index contributed by atoms with van der Waals surface area (Å²) >= 11 is 0. The van der Waals surface area contributed by atoms with E-state index in [1.54, 1.807) is 48.5 Å². The zero-order chi connectivity index (χ0) is 64.0. The third kappa shape index (κ3) is 8.16. The molecule has 0 saturated carbocycles. The molecule has 0 fully saturated rings. The molecule has 0 bridgehead atoms. The normalized spacial score (nSPS) is 12.3. The van der Waals surface area contributed by atoms with Crippen LogP contribution in [0, 0.1) is 0 Å². The zero-order valence-corrected chi connectivity index (χ0v) is 52.5. The second kappa shape index (κ2) is 21.2. The molecule has 6 heterocycles. The van der Waals surface area contributed by atoms with Crippen LogP contribution in [-0.2, 0) is 20.0 Å². The second-order valence-electron chi connectivity index (χ2n) is 24.1. The van der Waals surface area contributed by atoms with Crippen LogP contribution in [0.4, 0.5) is 0 Å². The SMILES string of the molecule is O=S(=O)(c1ccccc1)n1c2cc3oc4ccccc4c3c(-c3ccccc3)c2c2c(-c3ccccc3)c3c(cc21)oc1ccccc13.O=S(=O)(c1ccccc1)n1c2cc3oc4ccccc4c3c(-c3ccccc3)c2c2c(-c3ccccc3)c3c(cc21)oc1ccccc13. The summed E-state index contributed by atoms with van der Waals surface area (Å²) in [6.45, 7) is 0. The van der Waals surface area contributed by atoms with Crippen molar-refractivity contribution in [3.8, 4) is 44.5 Å². The van der Waals surface area contributed by atoms with E-state index >= 15 is 0 Å². The van der Waals surface area contributed by atoms with E-state index in [0.717, 1.165) is 131 Å². The van der Waals surface area contributed by atoms with Crippen LogP contribution in [0.5, 0.6) is 0 Å². The predicted octanol–water partition coefficient (Wildman–Crippen LogP) is 22.3. The van der Waals surface area contributed by atoms with Crippen LogP contribution in [-0.4, -0.2) is 24.8 Å². The van der Waals surface area contributed by atoms with Gasteiger partial charge in [-0.15, -0.1) is 0 Å². The van der Waals surface area contributed by atoms with Gasteiger partial charge in [-0.2, -0.15) is 0 Å². The van der Waals surface area contributed by atoms with Crippen molar-refractivity contribution in [3.05, 3.63) is 303 Å². The highest BCUT2D eigenvalue weighted by molar-refractivity contribution is 7.90. The molecule has 0 radical (unpaired) electrons. The minimum atomic E-state index is -4.11. The molecule has 0 aliphatic heterocycles. The van der Waals surface area contributed by atoms with E-state index in [-0.39, 0.29) is 9.79 Å². The van der Waals surface area contributed by atoms with E-state index in [2.05, 4.69) is 72.8 Å². The van der Waals surface area contributed by atoms with E-state index in [0.29, 0.717) is 44.4 Å². The van der Waals surface area contributed by atoms with Gasteiger partial charge < -0.3 is 17.7 Å². The lowest BCUT2D eigenvalue weighted by Crippen LogP contribution is -2.12. The van der Waals surface area contributed by atoms with E-state index in [1.165, 1.54) is 7.94 Å². The van der Waals surface area contributed by atoms with Crippen LogP contribution in [0.25, 0.3) is 176 Å². The Bertz CT molecular complexity index is 6060. The van der Waals surface area contributed by atoms with Crippen molar-refractivity contribution < 1.29 is 34.5 Å². The van der Waals surface area contributed by atoms with Gasteiger partial charge in [0.1, 0.15) is 44.7 Å². The number of nitrogens with zero attached hydrogens (tertiary/aromatic N) is 2. The summed E-state index contributed by atoms with van der Waals surface area (Å²) in [5.41, 5.74) is 15.1. The van der Waals surface area contributed by atoms with Crippen LogP contribution in [0.1, 0.15) is 0 Å². The molecule has 10 nitrogen and oxygen atoms in total. The Kier molecular flexibility index (Phi) is 12.2. The molecule has 6 aromatic heterocycles. The first-order valence-corrected chi connectivity index (χ1v) is 34.4. The van der Waals surface area contributed by atoms with E-state index in [9.17, 15) is 16.8 Å². The zero-order valence-electron chi connectivity index (χ0n) is 50.8. The smallest absolute Gasteiger partial charge is 0.268 e. The Balaban J connectivity index is 0.000000135. The minimum absolute atomic E-state index is 0.195. The molecule has 96 heavy (non-hydrogen) atoms. The Morgan fingerprint density at radius 2 is 0.406 bits per heavy atom. The highest BCUT2D eigenvalue weighted by Crippen LogP contribution is 2.54. The number of aromatic nitrogens is 2. The standard InChI is InChI=1S/2C42H25NO4S/c2*44-48(45,28-18-8-3-9-19-28)43-31-24-35-39(29-20-10-12-22-33(29)46-35)37(26-14-4-1-5-15-26)41(31)42-32(43)25-36-40(30-21-11-13-23-34(30)47-36)38(42)27-16-6-2-7-17-27/h2*1-25H. The number of fused-ring (bicyclic) bond motifs is 18. The Hall–Kier alpha value is -12.2. The molecule has 456 valence electrons. The molecule has 0 atom stereocenters. The number of furan rings is 4. The van der Waals surface area contributed by atoms with Crippen LogP contribution in [0.15, 0.2) is 331 Å². The summed E-state index contributed by atoms with van der Waals surface area (Å²) < 4.78 is 88.7. The maximum atomic E-state index is 14.9. The first-order valence-electron chi connectivity index (χ1n) is 31.6. The molecule has 0 aliphatic carbocycles. The fourth-order valence-electron chi connectivity index (χ4n) is 14.9. The van der Waals surface area contributed by atoms with Gasteiger partial charge in [0.25, 0.3) is 20.0 Å². The van der Waals surface area contributed by atoms with E-state index < -0.39 is 20.0 Å². The molecule has 0 saturated heterocycles. The van der Waals surface area contributed by atoms with Crippen molar-refractivity contribution in [2.45, 2.75) is 9.79 Å². The third-order valence-electron chi connectivity index (χ3n) is 18.8. The van der Waals surface area contributed by atoms with Gasteiger partial charge in [-0.1, -0.05) is 231 Å². The van der Waals surface area contributed by atoms with E-state index in [4.69, 9.17) is 17.7 Å². The molecule has 0 aliphatic rings. The van der Waals surface area contributed by atoms with Gasteiger partial charge in [0.2, 0.25) is 0 Å². The highest BCUT2D eigenvalue weighted by Gasteiger charge is 2.34. The molecule has 20 rings (SSSR count). The summed E-state index contributed by atoms with van der Waals surface area (Å²) in [5, 5.41) is 11.0. The summed E-state index contributed by atoms with van der Waals surface area (Å²) in [6, 6.07) is 97.5. The summed E-state index contributed by atoms with van der Waals surface area (Å²) in [4.78, 5) is 0.390. The second-order valence-corrected chi connectivity index (χ2v) is 27.7. The van der Waals surface area contributed by atoms with Gasteiger partial charge in [-0.05, 0) is 70.8 Å². The lowest BCUT2D eigenvalue weighted by molar-refractivity contribution is 0.588. The molecule has 20 aromatic rings. The maximum Gasteiger partial charge on any atom is 0.268 e. The first-order chi connectivity index (χ1) is 47.2. The summed E-state index contributed by atoms with van der Waals surface area (Å²) in [5.74, 6) is 0. The summed E-state index contributed by atoms with van der Waals surface area (Å²) in [6.07, 6.45) is 0. The van der Waals surface area contributed by atoms with Gasteiger partial charge in [0.15, 0.2) is 0 Å². The van der Waals surface area contributed by atoms with Gasteiger partial charge in [0.05, 0.1) is 31.9 Å². The summed E-state index contributed by atoms with van der Waals surface area (Å²) in [7, 11) is -8.22. The molecule has 14 aromatic carbocycles. The van der Waals surface area contributed by atoms with E-state index in [1.807, 2.05) is 182 Å². The number of benzene rings is 14. The highest BCUT2D eigenvalue weighted by atomic mass is 32.2. The fourth-order valence-corrected chi connectivity index (χ4v) is 17.9. The third-order valence-corrected chi connectivity index (χ3v) is 22.3. The quantitative estimate of drug-likeness (QED) is 0.147. The maximum absolute atomic E-state index is 14.9. The van der Waals surface area contributed by atoms with Crippen molar-refractivity contribution in [3.63, 3.8) is 0 Å². The Morgan fingerprint density at radius 1 is 0.208 bits per heavy atom. The average molecular weight is 1280 g/mol. The van der Waals surface area contributed by atoms with Crippen molar-refractivity contribution in [1.29, 1.82) is 0 Å². The largest absolute Gasteiger partial charge is 0.456 e. The van der Waals surface area contributed by atoms with Crippen LogP contribution in [0.3, 0.4) is 0 Å². The number of hydrogen-bond acceptors (Lipinski definition) is 8. The van der Waals surface area contributed by atoms with Crippen LogP contribution in [0.2, 0.25) is 0 Å². The van der Waals surface area contributed by atoms with Gasteiger partial charge in [-0.25, -0.2) is 24.8 Å². The van der Waals surface area contributed by atoms with Gasteiger partial charge in [0, 0.05) is 111 Å². The number of para-hydroxylation sites is 4. The molecule has 0 unspecified atom stereocenters. The molecule has 0 spiro atoms. The van der Waals surface area contributed by atoms with Crippen molar-refractivity contribution in [1.82, 2.24) is 7.94 Å². The number of hydrogen-bond donors (Lipinski definition) is 0. The van der Waals surface area contributed by atoms with Crippen LogP contribution >= 0.6 is 0 Å². The number of rotatable bonds is 8. The topological polar surface area (TPSA) is 131 Å². The van der Waals surface area contributed by atoms with Crippen molar-refractivity contribution in [2.24, 2.45) is 0 Å². The Morgan fingerprint density at radius 3 is 0.635 bits per heavy atom. The molecule has 0 amide bonds. The fraction of sp³-hybridized carbons (Fsp3) is 0. The lowest BCUT2D eigenvalue weighted by atomic mass is 9.90. The molecule has 12 heteroatoms.